The molecule has 0 saturated carbocycles. The summed E-state index contributed by atoms with van der Waals surface area (Å²) in [7, 11) is 0. The third kappa shape index (κ3) is 1.36. The third-order valence-electron chi connectivity index (χ3n) is 1.83. The summed E-state index contributed by atoms with van der Waals surface area (Å²) >= 11 is 0. The Kier molecular flexibility index (Phi) is 1.91. The van der Waals surface area contributed by atoms with Crippen LogP contribution in [0.2, 0.25) is 0 Å². The maximum atomic E-state index is 9.42. The molecule has 2 rings (SSSR count). The molecule has 2 aromatic heterocycles. The second-order valence-corrected chi connectivity index (χ2v) is 2.69. The van der Waals surface area contributed by atoms with E-state index in [4.69, 9.17) is 5.73 Å². The van der Waals surface area contributed by atoms with Crippen LogP contribution in [-0.4, -0.2) is 31.7 Å². The minimum atomic E-state index is -0.651. The summed E-state index contributed by atoms with van der Waals surface area (Å²) < 4.78 is 1.52. The average Bonchev–Trinajstić information content (AvgIpc) is 2.63. The first kappa shape index (κ1) is 8.09. The number of pyridine rings is 1. The van der Waals surface area contributed by atoms with Gasteiger partial charge in [0.2, 0.25) is 0 Å². The van der Waals surface area contributed by atoms with E-state index in [0.717, 1.165) is 5.56 Å². The Morgan fingerprint density at radius 3 is 3.23 bits per heavy atom. The first-order chi connectivity index (χ1) is 6.31. The van der Waals surface area contributed by atoms with Crippen molar-refractivity contribution in [2.24, 2.45) is 5.73 Å². The Labute approximate surface area is 74.0 Å². The topological polar surface area (TPSA) is 89.3 Å². The van der Waals surface area contributed by atoms with Crippen molar-refractivity contribution >= 4 is 5.65 Å². The number of tetrazole rings is 1. The van der Waals surface area contributed by atoms with Gasteiger partial charge in [-0.05, 0) is 28.1 Å². The van der Waals surface area contributed by atoms with Gasteiger partial charge in [0.05, 0.1) is 6.10 Å². The second-order valence-electron chi connectivity index (χ2n) is 2.69. The summed E-state index contributed by atoms with van der Waals surface area (Å²) in [5.74, 6) is 0. The van der Waals surface area contributed by atoms with Crippen molar-refractivity contribution in [3.63, 3.8) is 0 Å². The van der Waals surface area contributed by atoms with E-state index in [0.29, 0.717) is 5.65 Å². The van der Waals surface area contributed by atoms with E-state index >= 15 is 0 Å². The lowest BCUT2D eigenvalue weighted by Gasteiger charge is -2.06. The molecule has 0 aliphatic heterocycles. The Bertz CT molecular complexity index is 412. The van der Waals surface area contributed by atoms with Crippen LogP contribution >= 0.6 is 0 Å². The van der Waals surface area contributed by atoms with Crippen LogP contribution in [0, 0.1) is 0 Å². The second kappa shape index (κ2) is 3.08. The molecule has 3 N–H and O–H groups in total. The Morgan fingerprint density at radius 1 is 1.62 bits per heavy atom. The van der Waals surface area contributed by atoms with Gasteiger partial charge in [0.1, 0.15) is 0 Å². The number of rotatable bonds is 2. The van der Waals surface area contributed by atoms with Crippen LogP contribution in [0.15, 0.2) is 18.3 Å². The summed E-state index contributed by atoms with van der Waals surface area (Å²) in [6.45, 7) is 0.192. The maximum absolute atomic E-state index is 9.42. The highest BCUT2D eigenvalue weighted by molar-refractivity contribution is 5.39. The van der Waals surface area contributed by atoms with Gasteiger partial charge in [-0.2, -0.15) is 0 Å². The number of aromatic nitrogens is 4. The summed E-state index contributed by atoms with van der Waals surface area (Å²) in [6.07, 6.45) is 1.03. The number of aliphatic hydroxyl groups excluding tert-OH is 1. The van der Waals surface area contributed by atoms with Gasteiger partial charge in [-0.15, -0.1) is 5.10 Å². The van der Waals surface area contributed by atoms with E-state index < -0.39 is 6.10 Å². The number of fused-ring (bicyclic) bond motifs is 1. The predicted octanol–water partition coefficient (Wildman–Crippen LogP) is -0.884. The third-order valence-corrected chi connectivity index (χ3v) is 1.83. The predicted molar refractivity (Wildman–Crippen MR) is 44.8 cm³/mol. The zero-order valence-corrected chi connectivity index (χ0v) is 6.83. The fourth-order valence-electron chi connectivity index (χ4n) is 1.10. The molecule has 0 amide bonds. The fraction of sp³-hybridized carbons (Fsp3) is 0.286. The average molecular weight is 179 g/mol. The molecule has 6 nitrogen and oxygen atoms in total. The van der Waals surface area contributed by atoms with Gasteiger partial charge >= 0.3 is 0 Å². The minimum Gasteiger partial charge on any atom is -0.387 e. The summed E-state index contributed by atoms with van der Waals surface area (Å²) in [5.41, 5.74) is 6.64. The number of nitrogens with zero attached hydrogens (tertiary/aromatic N) is 4. The standard InChI is InChI=1S/C7H9N5O/c8-4-6(13)5-1-2-12-7(3-5)9-10-11-12/h1-3,6,13H,4,8H2. The van der Waals surface area contributed by atoms with Gasteiger partial charge in [0.15, 0.2) is 5.65 Å². The molecule has 6 heteroatoms. The van der Waals surface area contributed by atoms with Crippen LogP contribution in [0.3, 0.4) is 0 Å². The lowest BCUT2D eigenvalue weighted by Crippen LogP contribution is -2.11. The molecule has 1 atom stereocenters. The molecule has 0 radical (unpaired) electrons. The van der Waals surface area contributed by atoms with Crippen molar-refractivity contribution in [3.8, 4) is 0 Å². The van der Waals surface area contributed by atoms with Gasteiger partial charge in [0, 0.05) is 12.7 Å². The molecule has 0 saturated heterocycles. The lowest BCUT2D eigenvalue weighted by molar-refractivity contribution is 0.186. The van der Waals surface area contributed by atoms with Crippen LogP contribution in [0.1, 0.15) is 11.7 Å². The lowest BCUT2D eigenvalue weighted by atomic mass is 10.1. The van der Waals surface area contributed by atoms with E-state index in [1.165, 1.54) is 4.52 Å². The molecule has 0 spiro atoms. The van der Waals surface area contributed by atoms with Crippen molar-refractivity contribution in [1.82, 2.24) is 20.0 Å². The van der Waals surface area contributed by atoms with Crippen LogP contribution in [0.25, 0.3) is 5.65 Å². The van der Waals surface area contributed by atoms with Gasteiger partial charge in [-0.1, -0.05) is 0 Å². The molecule has 0 aromatic carbocycles. The van der Waals surface area contributed by atoms with E-state index in [1.54, 1.807) is 18.3 Å². The molecule has 0 aliphatic carbocycles. The van der Waals surface area contributed by atoms with Crippen molar-refractivity contribution in [3.05, 3.63) is 23.9 Å². The highest BCUT2D eigenvalue weighted by atomic mass is 16.3. The summed E-state index contributed by atoms with van der Waals surface area (Å²) in [4.78, 5) is 0. The van der Waals surface area contributed by atoms with Gasteiger partial charge < -0.3 is 10.8 Å². The molecule has 1 unspecified atom stereocenters. The first-order valence-corrected chi connectivity index (χ1v) is 3.87. The molecule has 0 bridgehead atoms. The molecule has 0 fully saturated rings. The highest BCUT2D eigenvalue weighted by Crippen LogP contribution is 2.11. The molecule has 2 aromatic rings. The molecule has 13 heavy (non-hydrogen) atoms. The molecule has 2 heterocycles. The zero-order valence-electron chi connectivity index (χ0n) is 6.83. The summed E-state index contributed by atoms with van der Waals surface area (Å²) in [6, 6.07) is 3.44. The monoisotopic (exact) mass is 179 g/mol. The number of aliphatic hydroxyl groups is 1. The van der Waals surface area contributed by atoms with Crippen molar-refractivity contribution in [1.29, 1.82) is 0 Å². The van der Waals surface area contributed by atoms with Crippen molar-refractivity contribution in [2.75, 3.05) is 6.54 Å². The first-order valence-electron chi connectivity index (χ1n) is 3.87. The maximum Gasteiger partial charge on any atom is 0.179 e. The van der Waals surface area contributed by atoms with E-state index in [-0.39, 0.29) is 6.54 Å². The Balaban J connectivity index is 2.48. The quantitative estimate of drug-likeness (QED) is 0.624. The van der Waals surface area contributed by atoms with Crippen LogP contribution < -0.4 is 5.73 Å². The SMILES string of the molecule is NCC(O)c1ccn2nnnc2c1. The zero-order chi connectivity index (χ0) is 9.26. The van der Waals surface area contributed by atoms with E-state index in [2.05, 4.69) is 15.5 Å². The number of hydrogen-bond acceptors (Lipinski definition) is 5. The smallest absolute Gasteiger partial charge is 0.179 e. The van der Waals surface area contributed by atoms with E-state index in [1.807, 2.05) is 0 Å². The Morgan fingerprint density at radius 2 is 2.46 bits per heavy atom. The van der Waals surface area contributed by atoms with Gasteiger partial charge in [0.25, 0.3) is 0 Å². The van der Waals surface area contributed by atoms with Crippen LogP contribution in [0.5, 0.6) is 0 Å². The van der Waals surface area contributed by atoms with E-state index in [9.17, 15) is 5.11 Å². The number of hydrogen-bond donors (Lipinski definition) is 2. The molecular weight excluding hydrogens is 170 g/mol. The highest BCUT2D eigenvalue weighted by Gasteiger charge is 2.06. The molecule has 68 valence electrons. The molecular formula is C7H9N5O. The van der Waals surface area contributed by atoms with Crippen molar-refractivity contribution in [2.45, 2.75) is 6.10 Å². The fourth-order valence-corrected chi connectivity index (χ4v) is 1.10. The van der Waals surface area contributed by atoms with Gasteiger partial charge in [-0.25, -0.2) is 4.52 Å². The Hall–Kier alpha value is -1.53. The summed E-state index contributed by atoms with van der Waals surface area (Å²) in [5, 5.41) is 20.3. The van der Waals surface area contributed by atoms with Crippen LogP contribution in [-0.2, 0) is 0 Å². The number of nitrogens with two attached hydrogens (primary N) is 1. The van der Waals surface area contributed by atoms with Gasteiger partial charge in [-0.3, -0.25) is 0 Å². The normalized spacial score (nSPS) is 13.4. The molecule has 0 aliphatic rings. The van der Waals surface area contributed by atoms with Crippen molar-refractivity contribution < 1.29 is 5.11 Å². The minimum absolute atomic E-state index is 0.192. The largest absolute Gasteiger partial charge is 0.387 e. The van der Waals surface area contributed by atoms with Crippen LogP contribution in [0.4, 0.5) is 0 Å².